The molecule has 182 valence electrons. The van der Waals surface area contributed by atoms with Crippen LogP contribution in [0, 0.1) is 12.3 Å². The molecular weight excluding hydrogens is 458 g/mol. The van der Waals surface area contributed by atoms with Gasteiger partial charge in [0.25, 0.3) is 0 Å². The number of carbonyl (C=O) groups excluding carboxylic acids is 1. The van der Waals surface area contributed by atoms with Crippen molar-refractivity contribution in [3.8, 4) is 18.1 Å². The molecule has 2 unspecified atom stereocenters. The number of terminal acetylenes is 1. The van der Waals surface area contributed by atoms with Gasteiger partial charge in [0, 0.05) is 37.2 Å². The van der Waals surface area contributed by atoms with Gasteiger partial charge in [0.1, 0.15) is 5.75 Å². The van der Waals surface area contributed by atoms with Crippen molar-refractivity contribution in [2.24, 2.45) is 0 Å². The van der Waals surface area contributed by atoms with Gasteiger partial charge in [-0.25, -0.2) is 9.78 Å². The fourth-order valence-electron chi connectivity index (χ4n) is 4.10. The molecule has 3 N–H and O–H groups in total. The molecule has 4 rings (SSSR count). The van der Waals surface area contributed by atoms with E-state index in [2.05, 4.69) is 56.0 Å². The number of rotatable bonds is 7. The molecule has 1 aliphatic heterocycles. The summed E-state index contributed by atoms with van der Waals surface area (Å²) in [7, 11) is 1.63. The van der Waals surface area contributed by atoms with E-state index in [1.54, 1.807) is 7.11 Å². The van der Waals surface area contributed by atoms with E-state index in [1.165, 1.54) is 17.0 Å². The maximum Gasteiger partial charge on any atom is 0.321 e. The number of hydrogen-bond acceptors (Lipinski definition) is 6. The van der Waals surface area contributed by atoms with Gasteiger partial charge in [0.05, 0.1) is 24.3 Å². The van der Waals surface area contributed by atoms with E-state index in [-0.39, 0.29) is 12.1 Å². The molecule has 2 aromatic carbocycles. The zero-order valence-electron chi connectivity index (χ0n) is 20.3. The molecule has 0 saturated carbocycles. The van der Waals surface area contributed by atoms with Crippen LogP contribution in [0.2, 0.25) is 0 Å². The third kappa shape index (κ3) is 5.59. The number of anilines is 2. The molecule has 0 spiro atoms. The van der Waals surface area contributed by atoms with Crippen LogP contribution >= 0.6 is 11.3 Å². The third-order valence-electron chi connectivity index (χ3n) is 6.42. The lowest BCUT2D eigenvalue weighted by Crippen LogP contribution is -2.43. The van der Waals surface area contributed by atoms with E-state index in [0.717, 1.165) is 43.1 Å². The number of amides is 2. The van der Waals surface area contributed by atoms with Crippen molar-refractivity contribution in [2.45, 2.75) is 25.3 Å². The first-order valence-electron chi connectivity index (χ1n) is 11.6. The Balaban J connectivity index is 1.38. The Morgan fingerprint density at radius 1 is 1.20 bits per heavy atom. The van der Waals surface area contributed by atoms with Crippen LogP contribution in [0.5, 0.6) is 5.75 Å². The smallest absolute Gasteiger partial charge is 0.321 e. The number of carbonyl (C=O) groups is 1. The van der Waals surface area contributed by atoms with Crippen molar-refractivity contribution in [3.05, 3.63) is 70.7 Å². The van der Waals surface area contributed by atoms with Crippen molar-refractivity contribution in [1.82, 2.24) is 15.6 Å². The van der Waals surface area contributed by atoms with Crippen molar-refractivity contribution < 1.29 is 9.53 Å². The highest BCUT2D eigenvalue weighted by Crippen LogP contribution is 2.34. The molecule has 1 fully saturated rings. The highest BCUT2D eigenvalue weighted by molar-refractivity contribution is 7.14. The minimum absolute atomic E-state index is 0.151. The summed E-state index contributed by atoms with van der Waals surface area (Å²) in [5.41, 5.74) is 3.16. The molecule has 0 aliphatic carbocycles. The Bertz CT molecular complexity index is 1180. The molecule has 0 radical (unpaired) electrons. The molecule has 3 aromatic rings. The number of methoxy groups -OCH3 is 1. The Morgan fingerprint density at radius 2 is 1.89 bits per heavy atom. The monoisotopic (exact) mass is 489 g/mol. The van der Waals surface area contributed by atoms with Crippen LogP contribution in [0.4, 0.5) is 15.6 Å². The van der Waals surface area contributed by atoms with E-state index in [4.69, 9.17) is 11.2 Å². The number of aromatic nitrogens is 1. The molecule has 8 heteroatoms. The maximum atomic E-state index is 12.7. The second-order valence-electron chi connectivity index (χ2n) is 8.68. The Hall–Kier alpha value is -3.54. The summed E-state index contributed by atoms with van der Waals surface area (Å²) in [6.07, 6.45) is 5.92. The molecule has 2 heterocycles. The molecule has 35 heavy (non-hydrogen) atoms. The normalized spacial score (nSPS) is 16.0. The standard InChI is InChI=1S/C27H31N5O2S/c1-5-27(3,21-8-12-23(34-4)13-9-21)24-18-35-26(30-24)31-25(33)29-19(2)20-6-10-22(11-7-20)32-16-14-28-15-17-32/h1,6-13,18-19,28H,14-17H2,2-4H3,(H2,29,30,31,33). The van der Waals surface area contributed by atoms with Gasteiger partial charge in [0.15, 0.2) is 5.13 Å². The topological polar surface area (TPSA) is 78.5 Å². The van der Waals surface area contributed by atoms with E-state index in [1.807, 2.05) is 43.5 Å². The lowest BCUT2D eigenvalue weighted by atomic mass is 9.81. The number of benzene rings is 2. The first-order valence-corrected chi connectivity index (χ1v) is 12.5. The first-order chi connectivity index (χ1) is 16.9. The molecule has 2 atom stereocenters. The number of urea groups is 1. The van der Waals surface area contributed by atoms with E-state index in [0.29, 0.717) is 10.8 Å². The predicted octanol–water partition coefficient (Wildman–Crippen LogP) is 4.38. The minimum atomic E-state index is -0.724. The summed E-state index contributed by atoms with van der Waals surface area (Å²) in [6, 6.07) is 15.5. The number of nitrogens with one attached hydrogen (secondary N) is 3. The molecule has 2 amide bonds. The van der Waals surface area contributed by atoms with Crippen LogP contribution in [0.25, 0.3) is 0 Å². The fraction of sp³-hybridized carbons (Fsp3) is 0.333. The molecule has 0 bridgehead atoms. The number of hydrogen-bond donors (Lipinski definition) is 3. The van der Waals surface area contributed by atoms with Crippen molar-refractivity contribution in [3.63, 3.8) is 0 Å². The van der Waals surface area contributed by atoms with Crippen molar-refractivity contribution >= 4 is 28.2 Å². The van der Waals surface area contributed by atoms with Gasteiger partial charge >= 0.3 is 6.03 Å². The number of piperazine rings is 1. The van der Waals surface area contributed by atoms with Crippen LogP contribution in [0.15, 0.2) is 53.9 Å². The van der Waals surface area contributed by atoms with E-state index in [9.17, 15) is 4.79 Å². The zero-order chi connectivity index (χ0) is 24.8. The Labute approximate surface area is 210 Å². The fourth-order valence-corrected chi connectivity index (χ4v) is 4.91. The largest absolute Gasteiger partial charge is 0.497 e. The van der Waals surface area contributed by atoms with Crippen LogP contribution in [0.1, 0.15) is 36.7 Å². The summed E-state index contributed by atoms with van der Waals surface area (Å²) in [6.45, 7) is 7.91. The minimum Gasteiger partial charge on any atom is -0.497 e. The summed E-state index contributed by atoms with van der Waals surface area (Å²) < 4.78 is 5.24. The highest BCUT2D eigenvalue weighted by Gasteiger charge is 2.30. The van der Waals surface area contributed by atoms with Gasteiger partial charge in [-0.1, -0.05) is 30.2 Å². The van der Waals surface area contributed by atoms with Gasteiger partial charge in [-0.05, 0) is 49.2 Å². The van der Waals surface area contributed by atoms with Crippen molar-refractivity contribution in [1.29, 1.82) is 0 Å². The Kier molecular flexibility index (Phi) is 7.59. The van der Waals surface area contributed by atoms with Gasteiger partial charge in [0.2, 0.25) is 0 Å². The molecule has 1 aliphatic rings. The number of ether oxygens (including phenoxy) is 1. The lowest BCUT2D eigenvalue weighted by molar-refractivity contribution is 0.249. The summed E-state index contributed by atoms with van der Waals surface area (Å²) in [5.74, 6) is 3.63. The number of nitrogens with zero attached hydrogens (tertiary/aromatic N) is 2. The first kappa shape index (κ1) is 24.6. The second-order valence-corrected chi connectivity index (χ2v) is 9.54. The van der Waals surface area contributed by atoms with Crippen LogP contribution in [-0.2, 0) is 5.41 Å². The average molecular weight is 490 g/mol. The SMILES string of the molecule is C#CC(C)(c1ccc(OC)cc1)c1csc(NC(=O)NC(C)c2ccc(N3CCNCC3)cc2)n1. The van der Waals surface area contributed by atoms with Crippen LogP contribution in [0.3, 0.4) is 0 Å². The molecule has 7 nitrogen and oxygen atoms in total. The van der Waals surface area contributed by atoms with Crippen LogP contribution < -0.4 is 25.6 Å². The van der Waals surface area contributed by atoms with Gasteiger partial charge < -0.3 is 20.3 Å². The summed E-state index contributed by atoms with van der Waals surface area (Å²) in [5, 5.41) is 11.6. The highest BCUT2D eigenvalue weighted by atomic mass is 32.1. The van der Waals surface area contributed by atoms with Gasteiger partial charge in [-0.2, -0.15) is 0 Å². The predicted molar refractivity (Wildman–Crippen MR) is 142 cm³/mol. The van der Waals surface area contributed by atoms with Gasteiger partial charge in [-0.15, -0.1) is 17.8 Å². The van der Waals surface area contributed by atoms with E-state index >= 15 is 0 Å². The van der Waals surface area contributed by atoms with Gasteiger partial charge in [-0.3, -0.25) is 5.32 Å². The Morgan fingerprint density at radius 3 is 2.51 bits per heavy atom. The molecule has 1 saturated heterocycles. The quantitative estimate of drug-likeness (QED) is 0.429. The summed E-state index contributed by atoms with van der Waals surface area (Å²) in [4.78, 5) is 19.6. The molecular formula is C27H31N5O2S. The molecule has 1 aromatic heterocycles. The third-order valence-corrected chi connectivity index (χ3v) is 7.17. The summed E-state index contributed by atoms with van der Waals surface area (Å²) >= 11 is 1.35. The number of thiazole rings is 1. The van der Waals surface area contributed by atoms with Crippen LogP contribution in [-0.4, -0.2) is 44.3 Å². The van der Waals surface area contributed by atoms with Crippen molar-refractivity contribution in [2.75, 3.05) is 43.5 Å². The zero-order valence-corrected chi connectivity index (χ0v) is 21.1. The lowest BCUT2D eigenvalue weighted by Gasteiger charge is -2.29. The maximum absolute atomic E-state index is 12.7. The van der Waals surface area contributed by atoms with E-state index < -0.39 is 5.41 Å². The average Bonchev–Trinajstić information content (AvgIpc) is 3.37. The second kappa shape index (κ2) is 10.8.